The van der Waals surface area contributed by atoms with E-state index in [1.807, 2.05) is 13.8 Å². The normalized spacial score (nSPS) is 11.9. The van der Waals surface area contributed by atoms with E-state index in [1.54, 1.807) is 6.07 Å². The maximum Gasteiger partial charge on any atom is 0.416 e. The van der Waals surface area contributed by atoms with Gasteiger partial charge in [-0.25, -0.2) is 0 Å². The Balaban J connectivity index is 2.76. The number of ketones is 1. The Hall–Kier alpha value is -1.32. The summed E-state index contributed by atoms with van der Waals surface area (Å²) < 4.78 is 37.3. The highest BCUT2D eigenvalue weighted by atomic mass is 19.4. The lowest BCUT2D eigenvalue weighted by atomic mass is 10.00. The number of alkyl halides is 3. The van der Waals surface area contributed by atoms with Crippen LogP contribution in [0.5, 0.6) is 0 Å². The molecule has 0 N–H and O–H groups in total. The minimum absolute atomic E-state index is 0.0284. The van der Waals surface area contributed by atoms with Crippen molar-refractivity contribution in [3.05, 3.63) is 35.4 Å². The molecule has 0 bridgehead atoms. The van der Waals surface area contributed by atoms with Crippen LogP contribution < -0.4 is 0 Å². The minimum Gasteiger partial charge on any atom is -0.299 e. The number of carbonyl (C=O) groups is 1. The summed E-state index contributed by atoms with van der Waals surface area (Å²) in [5, 5.41) is 0. The van der Waals surface area contributed by atoms with Crippen molar-refractivity contribution in [2.75, 3.05) is 0 Å². The van der Waals surface area contributed by atoms with Crippen molar-refractivity contribution in [3.63, 3.8) is 0 Å². The molecule has 0 saturated heterocycles. The van der Waals surface area contributed by atoms with Crippen LogP contribution in [0.3, 0.4) is 0 Å². The summed E-state index contributed by atoms with van der Waals surface area (Å²) in [6.07, 6.45) is -3.88. The highest BCUT2D eigenvalue weighted by molar-refractivity contribution is 5.81. The molecule has 0 radical (unpaired) electrons. The summed E-state index contributed by atoms with van der Waals surface area (Å²) in [7, 11) is 0. The predicted octanol–water partition coefficient (Wildman–Crippen LogP) is 3.86. The van der Waals surface area contributed by atoms with Gasteiger partial charge >= 0.3 is 6.18 Å². The molecular weight excluding hydrogens is 229 g/mol. The van der Waals surface area contributed by atoms with Crippen molar-refractivity contribution in [2.45, 2.75) is 32.9 Å². The summed E-state index contributed by atoms with van der Waals surface area (Å²) in [5.74, 6) is 0.202. The Bertz CT molecular complexity index is 394. The number of benzene rings is 1. The van der Waals surface area contributed by atoms with Crippen LogP contribution in [0, 0.1) is 5.92 Å². The van der Waals surface area contributed by atoms with E-state index in [9.17, 15) is 18.0 Å². The highest BCUT2D eigenvalue weighted by Gasteiger charge is 2.30. The summed E-state index contributed by atoms with van der Waals surface area (Å²) in [6.45, 7) is 3.81. The molecule has 0 aliphatic rings. The van der Waals surface area contributed by atoms with Gasteiger partial charge in [0.05, 0.1) is 5.56 Å². The average molecular weight is 244 g/mol. The Morgan fingerprint density at radius 2 is 1.94 bits per heavy atom. The molecule has 4 heteroatoms. The van der Waals surface area contributed by atoms with Crippen LogP contribution in [0.4, 0.5) is 13.2 Å². The van der Waals surface area contributed by atoms with Gasteiger partial charge in [-0.2, -0.15) is 13.2 Å². The lowest BCUT2D eigenvalue weighted by molar-refractivity contribution is -0.137. The van der Waals surface area contributed by atoms with Gasteiger partial charge in [0.15, 0.2) is 0 Å². The van der Waals surface area contributed by atoms with Crippen molar-refractivity contribution in [3.8, 4) is 0 Å². The Morgan fingerprint density at radius 3 is 2.47 bits per heavy atom. The monoisotopic (exact) mass is 244 g/mol. The van der Waals surface area contributed by atoms with Crippen LogP contribution in [-0.4, -0.2) is 5.78 Å². The molecule has 94 valence electrons. The van der Waals surface area contributed by atoms with Crippen molar-refractivity contribution < 1.29 is 18.0 Å². The van der Waals surface area contributed by atoms with Gasteiger partial charge < -0.3 is 0 Å². The lowest BCUT2D eigenvalue weighted by Gasteiger charge is -2.09. The minimum atomic E-state index is -4.35. The maximum atomic E-state index is 12.4. The first kappa shape index (κ1) is 13.7. The van der Waals surface area contributed by atoms with Gasteiger partial charge in [-0.05, 0) is 17.5 Å². The van der Waals surface area contributed by atoms with Crippen molar-refractivity contribution in [1.29, 1.82) is 0 Å². The summed E-state index contributed by atoms with van der Waals surface area (Å²) in [6, 6.07) is 4.93. The van der Waals surface area contributed by atoms with Crippen molar-refractivity contribution in [1.82, 2.24) is 0 Å². The molecule has 0 unspecified atom stereocenters. The topological polar surface area (TPSA) is 17.1 Å². The fourth-order valence-corrected chi connectivity index (χ4v) is 1.61. The van der Waals surface area contributed by atoms with Gasteiger partial charge in [0.2, 0.25) is 0 Å². The second kappa shape index (κ2) is 5.34. The van der Waals surface area contributed by atoms with Crippen molar-refractivity contribution in [2.24, 2.45) is 5.92 Å². The van der Waals surface area contributed by atoms with Crippen LogP contribution >= 0.6 is 0 Å². The summed E-state index contributed by atoms with van der Waals surface area (Å²) in [5.41, 5.74) is -0.280. The molecule has 0 spiro atoms. The number of halogens is 3. The maximum absolute atomic E-state index is 12.4. The van der Waals surface area contributed by atoms with Gasteiger partial charge in [0, 0.05) is 12.8 Å². The second-order valence-corrected chi connectivity index (χ2v) is 4.51. The Kier molecular flexibility index (Phi) is 4.32. The molecule has 0 fully saturated rings. The van der Waals surface area contributed by atoms with Crippen LogP contribution in [0.15, 0.2) is 24.3 Å². The van der Waals surface area contributed by atoms with Gasteiger partial charge in [-0.1, -0.05) is 32.0 Å². The predicted molar refractivity (Wildman–Crippen MR) is 59.6 cm³/mol. The van der Waals surface area contributed by atoms with Crippen molar-refractivity contribution >= 4 is 5.78 Å². The zero-order valence-electron chi connectivity index (χ0n) is 9.84. The number of hydrogen-bond acceptors (Lipinski definition) is 1. The number of hydrogen-bond donors (Lipinski definition) is 0. The van der Waals surface area contributed by atoms with E-state index >= 15 is 0 Å². The zero-order chi connectivity index (χ0) is 13.1. The second-order valence-electron chi connectivity index (χ2n) is 4.51. The molecule has 0 atom stereocenters. The standard InChI is InChI=1S/C13H15F3O/c1-9(2)6-12(17)8-10-4-3-5-11(7-10)13(14,15)16/h3-5,7,9H,6,8H2,1-2H3. The Morgan fingerprint density at radius 1 is 1.29 bits per heavy atom. The van der Waals surface area contributed by atoms with E-state index in [-0.39, 0.29) is 18.1 Å². The number of rotatable bonds is 4. The zero-order valence-corrected chi connectivity index (χ0v) is 9.84. The molecule has 0 aliphatic carbocycles. The third-order valence-corrected chi connectivity index (χ3v) is 2.29. The van der Waals surface area contributed by atoms with Gasteiger partial charge in [0.25, 0.3) is 0 Å². The molecule has 0 aliphatic heterocycles. The molecule has 0 heterocycles. The fourth-order valence-electron chi connectivity index (χ4n) is 1.61. The lowest BCUT2D eigenvalue weighted by Crippen LogP contribution is -2.09. The molecular formula is C13H15F3O. The molecule has 17 heavy (non-hydrogen) atoms. The van der Waals surface area contributed by atoms with E-state index in [1.165, 1.54) is 6.07 Å². The van der Waals surface area contributed by atoms with Crippen LogP contribution in [0.1, 0.15) is 31.4 Å². The van der Waals surface area contributed by atoms with E-state index in [0.717, 1.165) is 12.1 Å². The first-order valence-electron chi connectivity index (χ1n) is 5.47. The number of carbonyl (C=O) groups excluding carboxylic acids is 1. The van der Waals surface area contributed by atoms with Gasteiger partial charge in [-0.3, -0.25) is 4.79 Å². The third kappa shape index (κ3) is 4.59. The smallest absolute Gasteiger partial charge is 0.299 e. The summed E-state index contributed by atoms with van der Waals surface area (Å²) in [4.78, 5) is 11.5. The van der Waals surface area contributed by atoms with E-state index in [4.69, 9.17) is 0 Å². The largest absolute Gasteiger partial charge is 0.416 e. The van der Waals surface area contributed by atoms with Gasteiger partial charge in [-0.15, -0.1) is 0 Å². The molecule has 0 aromatic heterocycles. The Labute approximate surface area is 98.6 Å². The molecule has 1 aromatic rings. The van der Waals surface area contributed by atoms with E-state index < -0.39 is 11.7 Å². The third-order valence-electron chi connectivity index (χ3n) is 2.29. The number of Topliss-reactive ketones (excluding diaryl/α,β-unsaturated/α-hetero) is 1. The van der Waals surface area contributed by atoms with E-state index in [2.05, 4.69) is 0 Å². The molecule has 1 nitrogen and oxygen atoms in total. The van der Waals surface area contributed by atoms with Crippen LogP contribution in [0.2, 0.25) is 0 Å². The molecule has 0 amide bonds. The first-order chi connectivity index (χ1) is 7.79. The SMILES string of the molecule is CC(C)CC(=O)Cc1cccc(C(F)(F)F)c1. The molecule has 0 saturated carbocycles. The molecule has 1 rings (SSSR count). The highest BCUT2D eigenvalue weighted by Crippen LogP contribution is 2.29. The van der Waals surface area contributed by atoms with Crippen LogP contribution in [-0.2, 0) is 17.4 Å². The average Bonchev–Trinajstić information content (AvgIpc) is 2.15. The van der Waals surface area contributed by atoms with Gasteiger partial charge in [0.1, 0.15) is 5.78 Å². The summed E-state index contributed by atoms with van der Waals surface area (Å²) >= 11 is 0. The van der Waals surface area contributed by atoms with E-state index in [0.29, 0.717) is 12.0 Å². The quantitative estimate of drug-likeness (QED) is 0.786. The first-order valence-corrected chi connectivity index (χ1v) is 5.47. The molecule has 1 aromatic carbocycles. The fraction of sp³-hybridized carbons (Fsp3) is 0.462. The van der Waals surface area contributed by atoms with Crippen LogP contribution in [0.25, 0.3) is 0 Å².